The first-order chi connectivity index (χ1) is 9.74. The molecular weight excluding hydrogens is 314 g/mol. The Kier molecular flexibility index (Phi) is 4.08. The van der Waals surface area contributed by atoms with Crippen molar-refractivity contribution in [3.05, 3.63) is 63.6 Å². The van der Waals surface area contributed by atoms with Crippen molar-refractivity contribution in [3.8, 4) is 0 Å². The van der Waals surface area contributed by atoms with Crippen molar-refractivity contribution in [2.24, 2.45) is 0 Å². The number of ether oxygens (including phenoxy) is 1. The van der Waals surface area contributed by atoms with Crippen LogP contribution in [0, 0.1) is 0 Å². The van der Waals surface area contributed by atoms with Gasteiger partial charge in [-0.15, -0.1) is 0 Å². The molecule has 0 spiro atoms. The molecular formula is C17H18BrNO. The van der Waals surface area contributed by atoms with Crippen LogP contribution in [0.2, 0.25) is 0 Å². The van der Waals surface area contributed by atoms with Crippen LogP contribution in [0.3, 0.4) is 0 Å². The Morgan fingerprint density at radius 1 is 1.20 bits per heavy atom. The number of rotatable bonds is 3. The molecule has 1 aliphatic rings. The SMILES string of the molecule is Nc1cc(COC2CCCc3ccccc32)ccc1Br. The van der Waals surface area contributed by atoms with E-state index >= 15 is 0 Å². The Morgan fingerprint density at radius 3 is 2.90 bits per heavy atom. The van der Waals surface area contributed by atoms with Crippen LogP contribution >= 0.6 is 15.9 Å². The van der Waals surface area contributed by atoms with Gasteiger partial charge in [-0.3, -0.25) is 0 Å². The van der Waals surface area contributed by atoms with Crippen molar-refractivity contribution in [3.63, 3.8) is 0 Å². The number of benzene rings is 2. The lowest BCUT2D eigenvalue weighted by atomic mass is 9.89. The van der Waals surface area contributed by atoms with Gasteiger partial charge >= 0.3 is 0 Å². The molecule has 1 aliphatic carbocycles. The predicted octanol–water partition coefficient (Wildman–Crippen LogP) is 4.63. The highest BCUT2D eigenvalue weighted by molar-refractivity contribution is 9.10. The molecule has 0 aromatic heterocycles. The molecule has 1 atom stereocenters. The molecule has 3 heteroatoms. The number of nitrogens with two attached hydrogens (primary N) is 1. The van der Waals surface area contributed by atoms with E-state index in [-0.39, 0.29) is 6.10 Å². The van der Waals surface area contributed by atoms with E-state index in [1.165, 1.54) is 24.0 Å². The van der Waals surface area contributed by atoms with Crippen molar-refractivity contribution in [1.82, 2.24) is 0 Å². The average Bonchev–Trinajstić information content (AvgIpc) is 2.48. The number of anilines is 1. The molecule has 2 aromatic carbocycles. The van der Waals surface area contributed by atoms with Gasteiger partial charge < -0.3 is 10.5 Å². The third-order valence-corrected chi connectivity index (χ3v) is 4.55. The second-order valence-corrected chi connectivity index (χ2v) is 6.10. The second kappa shape index (κ2) is 5.98. The Bertz CT molecular complexity index is 612. The summed E-state index contributed by atoms with van der Waals surface area (Å²) in [6.45, 7) is 0.608. The lowest BCUT2D eigenvalue weighted by Gasteiger charge is -2.25. The van der Waals surface area contributed by atoms with Crippen LogP contribution in [0.4, 0.5) is 5.69 Å². The summed E-state index contributed by atoms with van der Waals surface area (Å²) in [5.41, 5.74) is 10.6. The fraction of sp³-hybridized carbons (Fsp3) is 0.294. The third kappa shape index (κ3) is 2.89. The number of halogens is 1. The van der Waals surface area contributed by atoms with E-state index in [0.29, 0.717) is 6.61 Å². The first kappa shape index (κ1) is 13.7. The van der Waals surface area contributed by atoms with Gasteiger partial charge in [0.15, 0.2) is 0 Å². The summed E-state index contributed by atoms with van der Waals surface area (Å²) < 4.78 is 7.05. The highest BCUT2D eigenvalue weighted by Gasteiger charge is 2.20. The van der Waals surface area contributed by atoms with E-state index in [9.17, 15) is 0 Å². The van der Waals surface area contributed by atoms with Crippen LogP contribution in [0.1, 0.15) is 35.6 Å². The first-order valence-corrected chi connectivity index (χ1v) is 7.76. The van der Waals surface area contributed by atoms with Crippen LogP contribution in [-0.2, 0) is 17.8 Å². The summed E-state index contributed by atoms with van der Waals surface area (Å²) in [7, 11) is 0. The molecule has 104 valence electrons. The zero-order valence-electron chi connectivity index (χ0n) is 11.3. The van der Waals surface area contributed by atoms with Gasteiger partial charge in [-0.05, 0) is 64.0 Å². The maximum atomic E-state index is 6.12. The monoisotopic (exact) mass is 331 g/mol. The van der Waals surface area contributed by atoms with Gasteiger partial charge in [0.1, 0.15) is 0 Å². The maximum absolute atomic E-state index is 6.12. The number of hydrogen-bond acceptors (Lipinski definition) is 2. The van der Waals surface area contributed by atoms with Gasteiger partial charge in [-0.2, -0.15) is 0 Å². The molecule has 20 heavy (non-hydrogen) atoms. The van der Waals surface area contributed by atoms with Crippen LogP contribution in [0.5, 0.6) is 0 Å². The van der Waals surface area contributed by atoms with Gasteiger partial charge in [-0.1, -0.05) is 30.3 Å². The lowest BCUT2D eigenvalue weighted by Crippen LogP contribution is -2.12. The van der Waals surface area contributed by atoms with Crippen molar-refractivity contribution in [2.45, 2.75) is 32.0 Å². The van der Waals surface area contributed by atoms with Gasteiger partial charge in [-0.25, -0.2) is 0 Å². The van der Waals surface area contributed by atoms with E-state index < -0.39 is 0 Å². The van der Waals surface area contributed by atoms with Gasteiger partial charge in [0.25, 0.3) is 0 Å². The standard InChI is InChI=1S/C17H18BrNO/c18-15-9-8-12(10-16(15)19)11-20-17-7-3-5-13-4-1-2-6-14(13)17/h1-2,4,6,8-10,17H,3,5,7,11,19H2. The third-order valence-electron chi connectivity index (χ3n) is 3.83. The summed E-state index contributed by atoms with van der Waals surface area (Å²) in [5, 5.41) is 0. The normalized spacial score (nSPS) is 17.8. The van der Waals surface area contributed by atoms with E-state index in [0.717, 1.165) is 22.1 Å². The van der Waals surface area contributed by atoms with Crippen molar-refractivity contribution in [1.29, 1.82) is 0 Å². The first-order valence-electron chi connectivity index (χ1n) is 6.97. The average molecular weight is 332 g/mol. The molecule has 0 fully saturated rings. The summed E-state index contributed by atoms with van der Waals surface area (Å²) in [6.07, 6.45) is 3.68. The Morgan fingerprint density at radius 2 is 2.05 bits per heavy atom. The zero-order chi connectivity index (χ0) is 13.9. The van der Waals surface area contributed by atoms with Crippen LogP contribution in [0.25, 0.3) is 0 Å². The molecule has 2 aromatic rings. The second-order valence-electron chi connectivity index (χ2n) is 5.25. The number of nitrogen functional groups attached to an aromatic ring is 1. The van der Waals surface area contributed by atoms with Crippen molar-refractivity contribution in [2.75, 3.05) is 5.73 Å². The van der Waals surface area contributed by atoms with Gasteiger partial charge in [0, 0.05) is 10.2 Å². The quantitative estimate of drug-likeness (QED) is 0.832. The molecule has 0 heterocycles. The molecule has 0 saturated carbocycles. The summed E-state index contributed by atoms with van der Waals surface area (Å²) >= 11 is 3.41. The van der Waals surface area contributed by atoms with Gasteiger partial charge in [0.2, 0.25) is 0 Å². The van der Waals surface area contributed by atoms with Gasteiger partial charge in [0.05, 0.1) is 12.7 Å². The number of aryl methyl sites for hydroxylation is 1. The molecule has 0 radical (unpaired) electrons. The van der Waals surface area contributed by atoms with E-state index in [2.05, 4.69) is 46.3 Å². The van der Waals surface area contributed by atoms with Crippen LogP contribution in [-0.4, -0.2) is 0 Å². The summed E-state index contributed by atoms with van der Waals surface area (Å²) in [6, 6.07) is 14.6. The Labute approximate surface area is 128 Å². The molecule has 0 amide bonds. The predicted molar refractivity (Wildman–Crippen MR) is 85.5 cm³/mol. The molecule has 0 bridgehead atoms. The van der Waals surface area contributed by atoms with Crippen molar-refractivity contribution < 1.29 is 4.74 Å². The zero-order valence-corrected chi connectivity index (χ0v) is 12.9. The minimum atomic E-state index is 0.213. The molecule has 0 saturated heterocycles. The molecule has 2 N–H and O–H groups in total. The fourth-order valence-electron chi connectivity index (χ4n) is 2.76. The molecule has 0 aliphatic heterocycles. The Balaban J connectivity index is 1.71. The summed E-state index contributed by atoms with van der Waals surface area (Å²) in [4.78, 5) is 0. The molecule has 2 nitrogen and oxygen atoms in total. The number of fused-ring (bicyclic) bond motifs is 1. The molecule has 3 rings (SSSR count). The topological polar surface area (TPSA) is 35.2 Å². The lowest BCUT2D eigenvalue weighted by molar-refractivity contribution is 0.0283. The Hall–Kier alpha value is -1.32. The largest absolute Gasteiger partial charge is 0.398 e. The van der Waals surface area contributed by atoms with Crippen LogP contribution < -0.4 is 5.73 Å². The van der Waals surface area contributed by atoms with E-state index in [4.69, 9.17) is 10.5 Å². The fourth-order valence-corrected chi connectivity index (χ4v) is 3.01. The highest BCUT2D eigenvalue weighted by atomic mass is 79.9. The van der Waals surface area contributed by atoms with E-state index in [1.54, 1.807) is 0 Å². The smallest absolute Gasteiger partial charge is 0.0832 e. The van der Waals surface area contributed by atoms with Crippen LogP contribution in [0.15, 0.2) is 46.9 Å². The number of hydrogen-bond donors (Lipinski definition) is 1. The minimum Gasteiger partial charge on any atom is -0.398 e. The van der Waals surface area contributed by atoms with E-state index in [1.807, 2.05) is 12.1 Å². The maximum Gasteiger partial charge on any atom is 0.0832 e. The minimum absolute atomic E-state index is 0.213. The highest BCUT2D eigenvalue weighted by Crippen LogP contribution is 2.33. The summed E-state index contributed by atoms with van der Waals surface area (Å²) in [5.74, 6) is 0. The molecule has 1 unspecified atom stereocenters. The van der Waals surface area contributed by atoms with Crippen molar-refractivity contribution >= 4 is 21.6 Å².